The summed E-state index contributed by atoms with van der Waals surface area (Å²) in [5, 5.41) is 3.18. The summed E-state index contributed by atoms with van der Waals surface area (Å²) in [6, 6.07) is 0.282. The molecule has 1 amide bonds. The van der Waals surface area contributed by atoms with Crippen LogP contribution in [0.3, 0.4) is 0 Å². The molecule has 98 valence electrons. The van der Waals surface area contributed by atoms with Crippen molar-refractivity contribution in [2.75, 3.05) is 12.5 Å². The van der Waals surface area contributed by atoms with Crippen LogP contribution in [0.2, 0.25) is 0 Å². The Labute approximate surface area is 108 Å². The Bertz CT molecular complexity index is 272. The first-order chi connectivity index (χ1) is 8.20. The lowest BCUT2D eigenvalue weighted by atomic mass is 9.85. The van der Waals surface area contributed by atoms with Gasteiger partial charge in [-0.15, -0.1) is 11.6 Å². The largest absolute Gasteiger partial charge is 0.378 e. The lowest BCUT2D eigenvalue weighted by Crippen LogP contribution is -2.45. The molecule has 1 aliphatic heterocycles. The summed E-state index contributed by atoms with van der Waals surface area (Å²) in [6.45, 7) is 2.60. The summed E-state index contributed by atoms with van der Waals surface area (Å²) in [7, 11) is 0. The van der Waals surface area contributed by atoms with Gasteiger partial charge in [-0.25, -0.2) is 0 Å². The maximum atomic E-state index is 12.1. The van der Waals surface area contributed by atoms with Crippen LogP contribution < -0.4 is 5.32 Å². The molecule has 1 saturated heterocycles. The van der Waals surface area contributed by atoms with Gasteiger partial charge in [0, 0.05) is 11.9 Å². The Hall–Kier alpha value is -0.280. The van der Waals surface area contributed by atoms with Gasteiger partial charge in [-0.1, -0.05) is 12.8 Å². The molecule has 0 radical (unpaired) electrons. The van der Waals surface area contributed by atoms with Crippen molar-refractivity contribution in [1.29, 1.82) is 0 Å². The van der Waals surface area contributed by atoms with Gasteiger partial charge in [-0.05, 0) is 32.1 Å². The first-order valence-electron chi connectivity index (χ1n) is 6.68. The lowest BCUT2D eigenvalue weighted by molar-refractivity contribution is -0.126. The van der Waals surface area contributed by atoms with Crippen molar-refractivity contribution >= 4 is 17.5 Å². The van der Waals surface area contributed by atoms with Gasteiger partial charge in [-0.2, -0.15) is 0 Å². The summed E-state index contributed by atoms with van der Waals surface area (Å²) in [5.74, 6) is 1.32. The fourth-order valence-electron chi connectivity index (χ4n) is 2.88. The zero-order chi connectivity index (χ0) is 12.3. The Morgan fingerprint density at radius 3 is 2.82 bits per heavy atom. The zero-order valence-corrected chi connectivity index (χ0v) is 11.2. The number of carbonyl (C=O) groups excluding carboxylic acids is 1. The average molecular weight is 260 g/mol. The van der Waals surface area contributed by atoms with Crippen LogP contribution in [0.15, 0.2) is 0 Å². The van der Waals surface area contributed by atoms with Crippen LogP contribution in [0.1, 0.15) is 39.0 Å². The molecule has 4 heteroatoms. The highest BCUT2D eigenvalue weighted by Gasteiger charge is 2.32. The van der Waals surface area contributed by atoms with Gasteiger partial charge in [-0.3, -0.25) is 4.79 Å². The van der Waals surface area contributed by atoms with Gasteiger partial charge in [0.15, 0.2) is 0 Å². The number of rotatable bonds is 3. The first kappa shape index (κ1) is 13.2. The van der Waals surface area contributed by atoms with Crippen molar-refractivity contribution in [3.05, 3.63) is 0 Å². The molecular weight excluding hydrogens is 238 g/mol. The number of nitrogens with one attached hydrogen (secondary N) is 1. The number of hydrogen-bond acceptors (Lipinski definition) is 2. The van der Waals surface area contributed by atoms with E-state index in [1.807, 2.05) is 6.92 Å². The van der Waals surface area contributed by atoms with Gasteiger partial charge in [0.25, 0.3) is 0 Å². The molecule has 1 aliphatic carbocycles. The van der Waals surface area contributed by atoms with E-state index in [4.69, 9.17) is 16.3 Å². The summed E-state index contributed by atoms with van der Waals surface area (Å²) in [6.07, 6.45) is 5.74. The molecule has 4 unspecified atom stereocenters. The standard InChI is InChI=1S/C13H22ClNO2/c1-9-6-11(8-17-9)13(16)15-12-5-3-2-4-10(12)7-14/h9-12H,2-8H2,1H3,(H,15,16). The Morgan fingerprint density at radius 1 is 1.41 bits per heavy atom. The molecular formula is C13H22ClNO2. The average Bonchev–Trinajstić information content (AvgIpc) is 2.77. The van der Waals surface area contributed by atoms with E-state index in [9.17, 15) is 4.79 Å². The molecule has 1 heterocycles. The second kappa shape index (κ2) is 6.05. The van der Waals surface area contributed by atoms with Crippen molar-refractivity contribution in [3.8, 4) is 0 Å². The molecule has 17 heavy (non-hydrogen) atoms. The fourth-order valence-corrected chi connectivity index (χ4v) is 3.25. The second-order valence-electron chi connectivity index (χ2n) is 5.39. The van der Waals surface area contributed by atoms with E-state index in [0.717, 1.165) is 19.3 Å². The van der Waals surface area contributed by atoms with Crippen LogP contribution >= 0.6 is 11.6 Å². The van der Waals surface area contributed by atoms with Gasteiger partial charge < -0.3 is 10.1 Å². The van der Waals surface area contributed by atoms with Gasteiger partial charge in [0.2, 0.25) is 5.91 Å². The Kier molecular flexibility index (Phi) is 4.69. The van der Waals surface area contributed by atoms with Gasteiger partial charge >= 0.3 is 0 Å². The molecule has 0 aromatic heterocycles. The molecule has 1 saturated carbocycles. The van der Waals surface area contributed by atoms with Crippen molar-refractivity contribution in [2.45, 2.75) is 51.2 Å². The minimum absolute atomic E-state index is 0.0444. The summed E-state index contributed by atoms with van der Waals surface area (Å²) in [4.78, 5) is 12.1. The summed E-state index contributed by atoms with van der Waals surface area (Å²) >= 11 is 5.97. The summed E-state index contributed by atoms with van der Waals surface area (Å²) in [5.41, 5.74) is 0. The Morgan fingerprint density at radius 2 is 2.18 bits per heavy atom. The van der Waals surface area contributed by atoms with E-state index in [2.05, 4.69) is 5.32 Å². The SMILES string of the molecule is CC1CC(C(=O)NC2CCCCC2CCl)CO1. The van der Waals surface area contributed by atoms with Crippen molar-refractivity contribution in [1.82, 2.24) is 5.32 Å². The van der Waals surface area contributed by atoms with Crippen LogP contribution in [0, 0.1) is 11.8 Å². The number of carbonyl (C=O) groups is 1. The monoisotopic (exact) mass is 259 g/mol. The number of hydrogen-bond donors (Lipinski definition) is 1. The van der Waals surface area contributed by atoms with E-state index >= 15 is 0 Å². The first-order valence-corrected chi connectivity index (χ1v) is 7.22. The maximum absolute atomic E-state index is 12.1. The predicted molar refractivity (Wildman–Crippen MR) is 68.1 cm³/mol. The molecule has 0 spiro atoms. The molecule has 2 fully saturated rings. The van der Waals surface area contributed by atoms with E-state index in [0.29, 0.717) is 18.4 Å². The van der Waals surface area contributed by atoms with Crippen LogP contribution in [0.25, 0.3) is 0 Å². The maximum Gasteiger partial charge on any atom is 0.225 e. The van der Waals surface area contributed by atoms with Crippen LogP contribution in [-0.2, 0) is 9.53 Å². The van der Waals surface area contributed by atoms with Crippen molar-refractivity contribution < 1.29 is 9.53 Å². The summed E-state index contributed by atoms with van der Waals surface area (Å²) < 4.78 is 5.44. The quantitative estimate of drug-likeness (QED) is 0.790. The number of amides is 1. The molecule has 0 bridgehead atoms. The number of alkyl halides is 1. The molecule has 2 aliphatic rings. The smallest absolute Gasteiger partial charge is 0.225 e. The molecule has 0 aromatic carbocycles. The van der Waals surface area contributed by atoms with E-state index in [1.54, 1.807) is 0 Å². The van der Waals surface area contributed by atoms with Crippen molar-refractivity contribution in [3.63, 3.8) is 0 Å². The highest BCUT2D eigenvalue weighted by molar-refractivity contribution is 6.18. The molecule has 1 N–H and O–H groups in total. The van der Waals surface area contributed by atoms with Crippen LogP contribution in [-0.4, -0.2) is 30.5 Å². The van der Waals surface area contributed by atoms with Crippen LogP contribution in [0.4, 0.5) is 0 Å². The van der Waals surface area contributed by atoms with E-state index in [1.165, 1.54) is 12.8 Å². The van der Waals surface area contributed by atoms with E-state index in [-0.39, 0.29) is 24.0 Å². The number of ether oxygens (including phenoxy) is 1. The minimum atomic E-state index is 0.0444. The third-order valence-electron chi connectivity index (χ3n) is 4.00. The number of halogens is 1. The van der Waals surface area contributed by atoms with Crippen molar-refractivity contribution in [2.24, 2.45) is 11.8 Å². The lowest BCUT2D eigenvalue weighted by Gasteiger charge is -2.31. The van der Waals surface area contributed by atoms with E-state index < -0.39 is 0 Å². The Balaban J connectivity index is 1.84. The third-order valence-corrected chi connectivity index (χ3v) is 4.40. The second-order valence-corrected chi connectivity index (χ2v) is 5.70. The predicted octanol–water partition coefficient (Wildman–Crippen LogP) is 2.33. The minimum Gasteiger partial charge on any atom is -0.378 e. The third kappa shape index (κ3) is 3.35. The highest BCUT2D eigenvalue weighted by atomic mass is 35.5. The van der Waals surface area contributed by atoms with Crippen LogP contribution in [0.5, 0.6) is 0 Å². The molecule has 0 aromatic rings. The topological polar surface area (TPSA) is 38.3 Å². The normalized spacial score (nSPS) is 38.0. The zero-order valence-electron chi connectivity index (χ0n) is 10.5. The van der Waals surface area contributed by atoms with Gasteiger partial charge in [0.1, 0.15) is 0 Å². The molecule has 3 nitrogen and oxygen atoms in total. The molecule has 4 atom stereocenters. The van der Waals surface area contributed by atoms with Gasteiger partial charge in [0.05, 0.1) is 18.6 Å². The highest BCUT2D eigenvalue weighted by Crippen LogP contribution is 2.26. The molecule has 2 rings (SSSR count). The fraction of sp³-hybridized carbons (Fsp3) is 0.923.